The zero-order valence-corrected chi connectivity index (χ0v) is 14.3. The second-order valence-electron chi connectivity index (χ2n) is 5.49. The van der Waals surface area contributed by atoms with Crippen molar-refractivity contribution in [3.05, 3.63) is 78.1 Å². The molecule has 2 aromatic carbocycles. The van der Waals surface area contributed by atoms with Gasteiger partial charge < -0.3 is 0 Å². The standard InChI is InChI=1S/C19H18FN3S/c1-3-10-23-18(16-8-4-6-14(2)11-16)21-22-19(23)24-13-15-7-5-9-17(20)12-15/h3-9,11-12H,1,10,13H2,2H3. The van der Waals surface area contributed by atoms with Crippen LogP contribution in [-0.2, 0) is 12.3 Å². The molecule has 0 saturated carbocycles. The first-order valence-electron chi connectivity index (χ1n) is 7.66. The Morgan fingerprint density at radius 3 is 2.75 bits per heavy atom. The number of benzene rings is 2. The van der Waals surface area contributed by atoms with Crippen molar-refractivity contribution in [2.24, 2.45) is 0 Å². The van der Waals surface area contributed by atoms with Crippen LogP contribution in [0.4, 0.5) is 4.39 Å². The Hall–Kier alpha value is -2.40. The maximum Gasteiger partial charge on any atom is 0.192 e. The van der Waals surface area contributed by atoms with Crippen LogP contribution in [0.2, 0.25) is 0 Å². The summed E-state index contributed by atoms with van der Waals surface area (Å²) in [6.45, 7) is 6.50. The summed E-state index contributed by atoms with van der Waals surface area (Å²) in [5, 5.41) is 9.46. The molecule has 0 atom stereocenters. The third-order valence-corrected chi connectivity index (χ3v) is 4.60. The molecule has 0 amide bonds. The molecule has 122 valence electrons. The predicted octanol–water partition coefficient (Wildman–Crippen LogP) is 4.87. The highest BCUT2D eigenvalue weighted by molar-refractivity contribution is 7.98. The molecule has 5 heteroatoms. The van der Waals surface area contributed by atoms with Gasteiger partial charge in [0.15, 0.2) is 11.0 Å². The highest BCUT2D eigenvalue weighted by Crippen LogP contribution is 2.27. The summed E-state index contributed by atoms with van der Waals surface area (Å²) in [6, 6.07) is 14.8. The third-order valence-electron chi connectivity index (χ3n) is 3.56. The second kappa shape index (κ2) is 7.45. The second-order valence-corrected chi connectivity index (χ2v) is 6.44. The van der Waals surface area contributed by atoms with Gasteiger partial charge in [-0.25, -0.2) is 4.39 Å². The number of halogens is 1. The van der Waals surface area contributed by atoms with E-state index in [4.69, 9.17) is 0 Å². The van der Waals surface area contributed by atoms with Crippen LogP contribution in [0.25, 0.3) is 11.4 Å². The van der Waals surface area contributed by atoms with Crippen molar-refractivity contribution < 1.29 is 4.39 Å². The Bertz CT molecular complexity index is 857. The van der Waals surface area contributed by atoms with Gasteiger partial charge in [0.2, 0.25) is 0 Å². The van der Waals surface area contributed by atoms with Gasteiger partial charge in [-0.1, -0.05) is 53.7 Å². The van der Waals surface area contributed by atoms with E-state index >= 15 is 0 Å². The molecular weight excluding hydrogens is 321 g/mol. The largest absolute Gasteiger partial charge is 0.298 e. The molecule has 0 aliphatic rings. The van der Waals surface area contributed by atoms with Crippen molar-refractivity contribution in [1.29, 1.82) is 0 Å². The Labute approximate surface area is 145 Å². The molecule has 0 aliphatic heterocycles. The summed E-state index contributed by atoms with van der Waals surface area (Å²) in [5.74, 6) is 1.24. The van der Waals surface area contributed by atoms with Gasteiger partial charge in [-0.15, -0.1) is 16.8 Å². The molecule has 1 heterocycles. The molecule has 3 nitrogen and oxygen atoms in total. The summed E-state index contributed by atoms with van der Waals surface area (Å²) >= 11 is 1.54. The van der Waals surface area contributed by atoms with Crippen LogP contribution >= 0.6 is 11.8 Å². The van der Waals surface area contributed by atoms with Gasteiger partial charge in [-0.3, -0.25) is 4.57 Å². The van der Waals surface area contributed by atoms with Gasteiger partial charge in [0, 0.05) is 17.9 Å². The van der Waals surface area contributed by atoms with E-state index in [1.54, 1.807) is 23.9 Å². The fourth-order valence-electron chi connectivity index (χ4n) is 2.46. The first kappa shape index (κ1) is 16.5. The van der Waals surface area contributed by atoms with Crippen LogP contribution in [0.15, 0.2) is 66.3 Å². The van der Waals surface area contributed by atoms with E-state index in [1.807, 2.05) is 28.8 Å². The van der Waals surface area contributed by atoms with E-state index in [-0.39, 0.29) is 5.82 Å². The fraction of sp³-hybridized carbons (Fsp3) is 0.158. The van der Waals surface area contributed by atoms with Crippen molar-refractivity contribution in [3.8, 4) is 11.4 Å². The fourth-order valence-corrected chi connectivity index (χ4v) is 3.35. The highest BCUT2D eigenvalue weighted by atomic mass is 32.2. The lowest BCUT2D eigenvalue weighted by Crippen LogP contribution is -2.01. The summed E-state index contributed by atoms with van der Waals surface area (Å²) in [5.41, 5.74) is 3.13. The summed E-state index contributed by atoms with van der Waals surface area (Å²) < 4.78 is 15.3. The molecule has 0 N–H and O–H groups in total. The van der Waals surface area contributed by atoms with Crippen molar-refractivity contribution in [1.82, 2.24) is 14.8 Å². The molecule has 0 fully saturated rings. The number of aryl methyl sites for hydroxylation is 1. The monoisotopic (exact) mass is 339 g/mol. The zero-order valence-electron chi connectivity index (χ0n) is 13.4. The van der Waals surface area contributed by atoms with Gasteiger partial charge in [0.1, 0.15) is 5.82 Å². The quantitative estimate of drug-likeness (QED) is 0.474. The number of rotatable bonds is 6. The normalized spacial score (nSPS) is 10.8. The van der Waals surface area contributed by atoms with E-state index in [0.717, 1.165) is 22.1 Å². The first-order valence-corrected chi connectivity index (χ1v) is 8.64. The molecule has 0 radical (unpaired) electrons. The number of hydrogen-bond donors (Lipinski definition) is 0. The van der Waals surface area contributed by atoms with Crippen molar-refractivity contribution in [3.63, 3.8) is 0 Å². The predicted molar refractivity (Wildman–Crippen MR) is 96.4 cm³/mol. The average molecular weight is 339 g/mol. The number of aromatic nitrogens is 3. The number of allylic oxidation sites excluding steroid dienone is 1. The maximum absolute atomic E-state index is 13.3. The van der Waals surface area contributed by atoms with Gasteiger partial charge in [-0.05, 0) is 30.7 Å². The summed E-state index contributed by atoms with van der Waals surface area (Å²) in [6.07, 6.45) is 1.83. The molecule has 24 heavy (non-hydrogen) atoms. The zero-order chi connectivity index (χ0) is 16.9. The minimum absolute atomic E-state index is 0.221. The molecular formula is C19H18FN3S. The minimum Gasteiger partial charge on any atom is -0.298 e. The average Bonchev–Trinajstić information content (AvgIpc) is 2.96. The summed E-state index contributed by atoms with van der Waals surface area (Å²) in [7, 11) is 0. The van der Waals surface area contributed by atoms with Crippen molar-refractivity contribution in [2.45, 2.75) is 24.4 Å². The topological polar surface area (TPSA) is 30.7 Å². The lowest BCUT2D eigenvalue weighted by molar-refractivity contribution is 0.626. The minimum atomic E-state index is -0.221. The van der Waals surface area contributed by atoms with Crippen LogP contribution in [0.5, 0.6) is 0 Å². The lowest BCUT2D eigenvalue weighted by Gasteiger charge is -2.08. The van der Waals surface area contributed by atoms with E-state index in [2.05, 4.69) is 35.8 Å². The molecule has 0 spiro atoms. The van der Waals surface area contributed by atoms with Gasteiger partial charge in [0.05, 0.1) is 0 Å². The van der Waals surface area contributed by atoms with Crippen LogP contribution < -0.4 is 0 Å². The van der Waals surface area contributed by atoms with Gasteiger partial charge in [-0.2, -0.15) is 0 Å². The van der Waals surface area contributed by atoms with Gasteiger partial charge >= 0.3 is 0 Å². The van der Waals surface area contributed by atoms with Crippen LogP contribution in [0, 0.1) is 12.7 Å². The summed E-state index contributed by atoms with van der Waals surface area (Å²) in [4.78, 5) is 0. The van der Waals surface area contributed by atoms with Gasteiger partial charge in [0.25, 0.3) is 0 Å². The molecule has 3 rings (SSSR count). The molecule has 0 bridgehead atoms. The Kier molecular flexibility index (Phi) is 5.11. The SMILES string of the molecule is C=CCn1c(SCc2cccc(F)c2)nnc1-c1cccc(C)c1. The molecule has 0 unspecified atom stereocenters. The van der Waals surface area contributed by atoms with E-state index in [9.17, 15) is 4.39 Å². The number of nitrogens with zero attached hydrogens (tertiary/aromatic N) is 3. The van der Waals surface area contributed by atoms with E-state index in [0.29, 0.717) is 12.3 Å². The van der Waals surface area contributed by atoms with Crippen molar-refractivity contribution in [2.75, 3.05) is 0 Å². The maximum atomic E-state index is 13.3. The van der Waals surface area contributed by atoms with Crippen LogP contribution in [-0.4, -0.2) is 14.8 Å². The molecule has 3 aromatic rings. The van der Waals surface area contributed by atoms with E-state index < -0.39 is 0 Å². The number of hydrogen-bond acceptors (Lipinski definition) is 3. The van der Waals surface area contributed by atoms with Crippen molar-refractivity contribution >= 4 is 11.8 Å². The molecule has 0 saturated heterocycles. The first-order chi connectivity index (χ1) is 11.7. The van der Waals surface area contributed by atoms with Crippen LogP contribution in [0.3, 0.4) is 0 Å². The van der Waals surface area contributed by atoms with E-state index in [1.165, 1.54) is 11.6 Å². The highest BCUT2D eigenvalue weighted by Gasteiger charge is 2.13. The molecule has 1 aromatic heterocycles. The molecule has 0 aliphatic carbocycles. The Morgan fingerprint density at radius 1 is 1.17 bits per heavy atom. The Balaban J connectivity index is 1.87. The smallest absolute Gasteiger partial charge is 0.192 e. The number of thioether (sulfide) groups is 1. The Morgan fingerprint density at radius 2 is 2.00 bits per heavy atom. The third kappa shape index (κ3) is 3.74. The van der Waals surface area contributed by atoms with Crippen LogP contribution in [0.1, 0.15) is 11.1 Å². The lowest BCUT2D eigenvalue weighted by atomic mass is 10.1.